The number of hydrogen-bond acceptors (Lipinski definition) is 7. The van der Waals surface area contributed by atoms with E-state index in [-0.39, 0.29) is 6.54 Å². The van der Waals surface area contributed by atoms with Crippen molar-refractivity contribution in [3.8, 4) is 46.0 Å². The second kappa shape index (κ2) is 16.5. The molecule has 278 valence electrons. The highest BCUT2D eigenvalue weighted by Gasteiger charge is 2.33. The lowest BCUT2D eigenvalue weighted by atomic mass is 9.84. The van der Waals surface area contributed by atoms with E-state index in [2.05, 4.69) is 77.3 Å². The van der Waals surface area contributed by atoms with Crippen LogP contribution in [0.2, 0.25) is 0 Å². The second-order valence-electron chi connectivity index (χ2n) is 14.8. The molecular formula is C45H46FN9. The molecule has 2 fully saturated rings. The van der Waals surface area contributed by atoms with Crippen molar-refractivity contribution < 1.29 is 4.39 Å². The third-order valence-electron chi connectivity index (χ3n) is 10.6. The molecule has 1 atom stereocenters. The molecule has 2 aliphatic rings. The first-order chi connectivity index (χ1) is 26.7. The number of halogens is 1. The molecule has 8 rings (SSSR count). The number of anilines is 1. The number of nitrogens with two attached hydrogens (primary N) is 1. The van der Waals surface area contributed by atoms with E-state index in [4.69, 9.17) is 21.4 Å². The van der Waals surface area contributed by atoms with E-state index in [0.717, 1.165) is 65.3 Å². The minimum atomic E-state index is -1.25. The number of nitrogens with zero attached hydrogens (tertiary/aromatic N) is 6. The number of aryl methyl sites for hydroxylation is 2. The highest BCUT2D eigenvalue weighted by molar-refractivity contribution is 5.67. The van der Waals surface area contributed by atoms with Gasteiger partial charge >= 0.3 is 0 Å². The molecule has 4 aromatic carbocycles. The van der Waals surface area contributed by atoms with Crippen LogP contribution in [0.15, 0.2) is 109 Å². The largest absolute Gasteiger partial charge is 0.365 e. The predicted octanol–water partition coefficient (Wildman–Crippen LogP) is 8.54. The van der Waals surface area contributed by atoms with Gasteiger partial charge in [0.1, 0.15) is 11.5 Å². The van der Waals surface area contributed by atoms with Gasteiger partial charge in [-0.25, -0.2) is 13.8 Å². The van der Waals surface area contributed by atoms with Gasteiger partial charge in [-0.2, -0.15) is 15.6 Å². The van der Waals surface area contributed by atoms with E-state index in [1.54, 1.807) is 12.1 Å². The van der Waals surface area contributed by atoms with E-state index in [9.17, 15) is 4.39 Å². The molecule has 3 heterocycles. The number of nitrogens with one attached hydrogen (secondary N) is 2. The Morgan fingerprint density at radius 1 is 0.745 bits per heavy atom. The fraction of sp³-hybridized carbons (Fsp3) is 0.289. The topological polar surface area (TPSA) is 133 Å². The minimum absolute atomic E-state index is 0.220. The Labute approximate surface area is 322 Å². The number of hydrogen-bond donors (Lipinski definition) is 3. The van der Waals surface area contributed by atoms with Gasteiger partial charge in [0.25, 0.3) is 0 Å². The number of aromatic nitrogens is 4. The first-order valence-electron chi connectivity index (χ1n) is 18.9. The molecule has 1 saturated carbocycles. The zero-order chi connectivity index (χ0) is 38.4. The van der Waals surface area contributed by atoms with Crippen LogP contribution >= 0.6 is 0 Å². The van der Waals surface area contributed by atoms with Crippen molar-refractivity contribution >= 4 is 5.82 Å². The SMILES string of the molecule is Cc1ccc(-c2cc(C3CCC(N)CC3)nn2-c2ccc(C#N)cc2)cc1.Cc1ccc(-c2cc(NCC3(F)CCNC3)nn2-c2ccc(C#N)cc2)cc1. The summed E-state index contributed by atoms with van der Waals surface area (Å²) in [5.74, 6) is 1.09. The van der Waals surface area contributed by atoms with Crippen LogP contribution in [0.4, 0.5) is 10.2 Å². The average molecular weight is 732 g/mol. The molecule has 0 spiro atoms. The molecule has 1 aliphatic heterocycles. The predicted molar refractivity (Wildman–Crippen MR) is 216 cm³/mol. The Kier molecular flexibility index (Phi) is 11.2. The molecular weight excluding hydrogens is 686 g/mol. The Balaban J connectivity index is 0.000000169. The average Bonchev–Trinajstić information content (AvgIpc) is 3.98. The Bertz CT molecular complexity index is 2280. The first kappa shape index (κ1) is 37.3. The summed E-state index contributed by atoms with van der Waals surface area (Å²) in [7, 11) is 0. The Hall–Kier alpha value is -6.07. The Morgan fingerprint density at radius 3 is 1.75 bits per heavy atom. The third-order valence-corrected chi connectivity index (χ3v) is 10.6. The Morgan fingerprint density at radius 2 is 1.25 bits per heavy atom. The maximum atomic E-state index is 14.7. The lowest BCUT2D eigenvalue weighted by Crippen LogP contribution is -2.34. The van der Waals surface area contributed by atoms with Crippen molar-refractivity contribution in [2.24, 2.45) is 5.73 Å². The summed E-state index contributed by atoms with van der Waals surface area (Å²) in [5, 5.41) is 34.0. The van der Waals surface area contributed by atoms with Crippen LogP contribution in [0.3, 0.4) is 0 Å². The molecule has 1 unspecified atom stereocenters. The molecule has 1 saturated heterocycles. The van der Waals surface area contributed by atoms with Crippen LogP contribution in [-0.4, -0.2) is 50.9 Å². The summed E-state index contributed by atoms with van der Waals surface area (Å²) >= 11 is 0. The maximum Gasteiger partial charge on any atom is 0.149 e. The molecule has 0 bridgehead atoms. The van der Waals surface area contributed by atoms with Crippen molar-refractivity contribution in [3.63, 3.8) is 0 Å². The van der Waals surface area contributed by atoms with Crippen LogP contribution < -0.4 is 16.4 Å². The van der Waals surface area contributed by atoms with Crippen molar-refractivity contribution in [2.75, 3.05) is 25.0 Å². The van der Waals surface area contributed by atoms with E-state index >= 15 is 0 Å². The summed E-state index contributed by atoms with van der Waals surface area (Å²) in [4.78, 5) is 0. The molecule has 1 aliphatic carbocycles. The van der Waals surface area contributed by atoms with Crippen molar-refractivity contribution in [1.29, 1.82) is 10.5 Å². The fourth-order valence-electron chi connectivity index (χ4n) is 7.20. The zero-order valence-electron chi connectivity index (χ0n) is 31.3. The van der Waals surface area contributed by atoms with Crippen LogP contribution in [0.1, 0.15) is 66.0 Å². The van der Waals surface area contributed by atoms with Gasteiger partial charge in [-0.1, -0.05) is 59.7 Å². The number of benzene rings is 4. The second-order valence-corrected chi connectivity index (χ2v) is 14.8. The zero-order valence-corrected chi connectivity index (χ0v) is 31.3. The number of alkyl halides is 1. The van der Waals surface area contributed by atoms with Gasteiger partial charge in [-0.15, -0.1) is 5.10 Å². The molecule has 4 N–H and O–H groups in total. The summed E-state index contributed by atoms with van der Waals surface area (Å²) in [6.45, 7) is 5.43. The smallest absolute Gasteiger partial charge is 0.149 e. The summed E-state index contributed by atoms with van der Waals surface area (Å²) < 4.78 is 18.5. The minimum Gasteiger partial charge on any atom is -0.365 e. The standard InChI is InChI=1S/C23H24N4.C22H22FN5/c1-16-2-6-19(7-3-16)23-14-22(18-8-10-20(25)11-9-18)26-27(23)21-12-4-17(15-24)5-13-21;1-16-2-6-18(7-3-16)20-12-21(26-15-22(23)10-11-25-14-22)27-28(20)19-8-4-17(13-24)5-9-19/h2-7,12-14,18,20H,8-11,25H2,1H3;2-9,12,25H,10-11,14-15H2,1H3,(H,26,27). The highest BCUT2D eigenvalue weighted by Crippen LogP contribution is 2.35. The van der Waals surface area contributed by atoms with E-state index < -0.39 is 5.67 Å². The normalized spacial score (nSPS) is 19.2. The van der Waals surface area contributed by atoms with Crippen molar-refractivity contribution in [2.45, 2.75) is 63.6 Å². The maximum absolute atomic E-state index is 14.7. The molecule has 10 heteroatoms. The number of rotatable bonds is 8. The summed E-state index contributed by atoms with van der Waals surface area (Å²) in [6, 6.07) is 40.4. The van der Waals surface area contributed by atoms with Gasteiger partial charge < -0.3 is 16.4 Å². The molecule has 55 heavy (non-hydrogen) atoms. The van der Waals surface area contributed by atoms with Gasteiger partial charge in [-0.3, -0.25) is 0 Å². The van der Waals surface area contributed by atoms with Crippen molar-refractivity contribution in [1.82, 2.24) is 24.9 Å². The van der Waals surface area contributed by atoms with Gasteiger partial charge in [0.2, 0.25) is 0 Å². The summed E-state index contributed by atoms with van der Waals surface area (Å²) in [6.07, 6.45) is 4.82. The molecule has 0 radical (unpaired) electrons. The van der Waals surface area contributed by atoms with Crippen LogP contribution in [-0.2, 0) is 0 Å². The van der Waals surface area contributed by atoms with E-state index in [1.807, 2.05) is 70.9 Å². The fourth-order valence-corrected chi connectivity index (χ4v) is 7.20. The lowest BCUT2D eigenvalue weighted by molar-refractivity contribution is 0.207. The van der Waals surface area contributed by atoms with E-state index in [0.29, 0.717) is 48.4 Å². The lowest BCUT2D eigenvalue weighted by Gasteiger charge is -2.24. The van der Waals surface area contributed by atoms with Gasteiger partial charge in [0, 0.05) is 35.7 Å². The highest BCUT2D eigenvalue weighted by atomic mass is 19.1. The molecule has 2 aromatic heterocycles. The third kappa shape index (κ3) is 8.84. The van der Waals surface area contributed by atoms with Crippen LogP contribution in [0.25, 0.3) is 33.9 Å². The molecule has 9 nitrogen and oxygen atoms in total. The molecule has 0 amide bonds. The molecule has 6 aromatic rings. The van der Waals surface area contributed by atoms with Gasteiger partial charge in [0.05, 0.1) is 58.3 Å². The van der Waals surface area contributed by atoms with Gasteiger partial charge in [-0.05, 0) is 107 Å². The summed E-state index contributed by atoms with van der Waals surface area (Å²) in [5.41, 5.74) is 15.6. The van der Waals surface area contributed by atoms with Gasteiger partial charge in [0.15, 0.2) is 0 Å². The van der Waals surface area contributed by atoms with E-state index in [1.165, 1.54) is 11.1 Å². The van der Waals surface area contributed by atoms with Crippen LogP contribution in [0, 0.1) is 36.5 Å². The first-order valence-corrected chi connectivity index (χ1v) is 18.9. The number of nitriles is 2. The monoisotopic (exact) mass is 731 g/mol. The quantitative estimate of drug-likeness (QED) is 0.143. The van der Waals surface area contributed by atoms with Crippen molar-refractivity contribution in [3.05, 3.63) is 137 Å². The van der Waals surface area contributed by atoms with Crippen LogP contribution in [0.5, 0.6) is 0 Å².